The van der Waals surface area contributed by atoms with Gasteiger partial charge >= 0.3 is 0 Å². The monoisotopic (exact) mass is 576 g/mol. The molecule has 3 aromatic rings. The second-order valence-electron chi connectivity index (χ2n) is 9.79. The van der Waals surface area contributed by atoms with E-state index in [1.807, 2.05) is 75.4 Å². The molecule has 0 aromatic heterocycles. The van der Waals surface area contributed by atoms with Gasteiger partial charge in [0.2, 0.25) is 11.8 Å². The Kier molecular flexibility index (Phi) is 10.8. The molecule has 3 rings (SSSR count). The van der Waals surface area contributed by atoms with Gasteiger partial charge in [-0.25, -0.2) is 0 Å². The lowest BCUT2D eigenvalue weighted by Gasteiger charge is -2.34. The van der Waals surface area contributed by atoms with Crippen molar-refractivity contribution in [1.29, 1.82) is 0 Å². The van der Waals surface area contributed by atoms with Gasteiger partial charge in [-0.2, -0.15) is 0 Å². The molecule has 2 amide bonds. The number of benzene rings is 3. The van der Waals surface area contributed by atoms with Crippen LogP contribution in [0.4, 0.5) is 0 Å². The maximum atomic E-state index is 13.7. The van der Waals surface area contributed by atoms with E-state index in [1.54, 1.807) is 23.1 Å². The minimum Gasteiger partial charge on any atom is -0.350 e. The number of hydrogen-bond donors (Lipinski definition) is 1. The molecule has 0 fully saturated rings. The SMILES string of the molecule is CC(C)(C)NC(=O)C(Cc1ccccc1)N(Cc1c(Cl)cccc1Cl)C(=O)CSCc1ccc(Cl)cc1. The van der Waals surface area contributed by atoms with Crippen LogP contribution in [0.1, 0.15) is 37.5 Å². The van der Waals surface area contributed by atoms with Crippen molar-refractivity contribution in [2.45, 2.75) is 51.1 Å². The van der Waals surface area contributed by atoms with E-state index in [0.717, 1.165) is 11.1 Å². The van der Waals surface area contributed by atoms with Gasteiger partial charge in [-0.1, -0.05) is 83.3 Å². The number of halogens is 3. The minimum atomic E-state index is -0.752. The molecule has 0 spiro atoms. The minimum absolute atomic E-state index is 0.119. The second-order valence-corrected chi connectivity index (χ2v) is 12.0. The van der Waals surface area contributed by atoms with Crippen molar-refractivity contribution in [3.63, 3.8) is 0 Å². The van der Waals surface area contributed by atoms with Gasteiger partial charge in [0.15, 0.2) is 0 Å². The molecule has 0 bridgehead atoms. The summed E-state index contributed by atoms with van der Waals surface area (Å²) in [7, 11) is 0. The quantitative estimate of drug-likeness (QED) is 0.272. The highest BCUT2D eigenvalue weighted by atomic mass is 35.5. The van der Waals surface area contributed by atoms with Crippen molar-refractivity contribution in [3.05, 3.63) is 105 Å². The van der Waals surface area contributed by atoms with Crippen LogP contribution in [0.2, 0.25) is 15.1 Å². The predicted octanol–water partition coefficient (Wildman–Crippen LogP) is 7.43. The Balaban J connectivity index is 1.91. The first-order valence-electron chi connectivity index (χ1n) is 11.9. The van der Waals surface area contributed by atoms with Crippen LogP contribution < -0.4 is 5.32 Å². The summed E-state index contributed by atoms with van der Waals surface area (Å²) >= 11 is 20.4. The summed E-state index contributed by atoms with van der Waals surface area (Å²) in [5.74, 6) is 0.440. The van der Waals surface area contributed by atoms with Crippen LogP contribution in [0.15, 0.2) is 72.8 Å². The Bertz CT molecular complexity index is 1180. The fraction of sp³-hybridized carbons (Fsp3) is 0.310. The van der Waals surface area contributed by atoms with Crippen LogP contribution in [-0.4, -0.2) is 34.0 Å². The summed E-state index contributed by atoms with van der Waals surface area (Å²) in [5.41, 5.74) is 2.16. The van der Waals surface area contributed by atoms with E-state index in [1.165, 1.54) is 11.8 Å². The Hall–Kier alpha value is -2.18. The summed E-state index contributed by atoms with van der Waals surface area (Å²) < 4.78 is 0. The molecule has 0 aliphatic carbocycles. The normalized spacial score (nSPS) is 12.2. The average Bonchev–Trinajstić information content (AvgIpc) is 2.83. The smallest absolute Gasteiger partial charge is 0.243 e. The number of thioether (sulfide) groups is 1. The van der Waals surface area contributed by atoms with Gasteiger partial charge in [-0.3, -0.25) is 9.59 Å². The van der Waals surface area contributed by atoms with Crippen molar-refractivity contribution >= 4 is 58.4 Å². The molecule has 1 atom stereocenters. The lowest BCUT2D eigenvalue weighted by Crippen LogP contribution is -2.54. The summed E-state index contributed by atoms with van der Waals surface area (Å²) in [6, 6.07) is 21.7. The van der Waals surface area contributed by atoms with Crippen molar-refractivity contribution < 1.29 is 9.59 Å². The number of nitrogens with one attached hydrogen (secondary N) is 1. The van der Waals surface area contributed by atoms with E-state index in [4.69, 9.17) is 34.8 Å². The van der Waals surface area contributed by atoms with E-state index in [2.05, 4.69) is 5.32 Å². The highest BCUT2D eigenvalue weighted by Gasteiger charge is 2.32. The van der Waals surface area contributed by atoms with Gasteiger partial charge < -0.3 is 10.2 Å². The Morgan fingerprint density at radius 1 is 0.865 bits per heavy atom. The molecule has 1 N–H and O–H groups in total. The Labute approximate surface area is 238 Å². The first kappa shape index (κ1) is 29.4. The summed E-state index contributed by atoms with van der Waals surface area (Å²) in [5, 5.41) is 4.63. The third-order valence-corrected chi connectivity index (χ3v) is 7.52. The van der Waals surface area contributed by atoms with E-state index < -0.39 is 11.6 Å². The molecule has 196 valence electrons. The first-order chi connectivity index (χ1) is 17.5. The second kappa shape index (κ2) is 13.6. The molecule has 8 heteroatoms. The van der Waals surface area contributed by atoms with Crippen LogP contribution in [0.25, 0.3) is 0 Å². The van der Waals surface area contributed by atoms with Crippen molar-refractivity contribution in [1.82, 2.24) is 10.2 Å². The van der Waals surface area contributed by atoms with Gasteiger partial charge in [-0.05, 0) is 56.2 Å². The van der Waals surface area contributed by atoms with Crippen LogP contribution in [0, 0.1) is 0 Å². The highest BCUT2D eigenvalue weighted by molar-refractivity contribution is 7.99. The molecule has 0 radical (unpaired) electrons. The number of nitrogens with zero attached hydrogens (tertiary/aromatic N) is 1. The van der Waals surface area contributed by atoms with Crippen molar-refractivity contribution in [3.8, 4) is 0 Å². The van der Waals surface area contributed by atoms with Gasteiger partial charge in [0, 0.05) is 44.9 Å². The third-order valence-electron chi connectivity index (χ3n) is 5.57. The Morgan fingerprint density at radius 2 is 1.49 bits per heavy atom. The number of carbonyl (C=O) groups excluding carboxylic acids is 2. The van der Waals surface area contributed by atoms with Crippen molar-refractivity contribution in [2.75, 3.05) is 5.75 Å². The molecular formula is C29H31Cl3N2O2S. The molecule has 0 saturated heterocycles. The first-order valence-corrected chi connectivity index (χ1v) is 14.2. The van der Waals surface area contributed by atoms with Crippen LogP contribution in [0.3, 0.4) is 0 Å². The molecule has 0 aliphatic heterocycles. The largest absolute Gasteiger partial charge is 0.350 e. The molecular weight excluding hydrogens is 547 g/mol. The average molecular weight is 578 g/mol. The molecule has 0 aliphatic rings. The van der Waals surface area contributed by atoms with E-state index in [9.17, 15) is 9.59 Å². The number of hydrogen-bond acceptors (Lipinski definition) is 3. The standard InChI is InChI=1S/C29H31Cl3N2O2S/c1-29(2,3)33-28(36)26(16-20-8-5-4-6-9-20)34(17-23-24(31)10-7-11-25(23)32)27(35)19-37-18-21-12-14-22(30)15-13-21/h4-15,26H,16-19H2,1-3H3,(H,33,36). The highest BCUT2D eigenvalue weighted by Crippen LogP contribution is 2.28. The molecule has 37 heavy (non-hydrogen) atoms. The van der Waals surface area contributed by atoms with Crippen LogP contribution >= 0.6 is 46.6 Å². The van der Waals surface area contributed by atoms with E-state index in [-0.39, 0.29) is 24.1 Å². The molecule has 3 aromatic carbocycles. The zero-order chi connectivity index (χ0) is 27.0. The number of carbonyl (C=O) groups is 2. The zero-order valence-electron chi connectivity index (χ0n) is 21.1. The fourth-order valence-electron chi connectivity index (χ4n) is 3.78. The van der Waals surface area contributed by atoms with Crippen LogP contribution in [0.5, 0.6) is 0 Å². The van der Waals surface area contributed by atoms with E-state index in [0.29, 0.717) is 32.8 Å². The molecule has 4 nitrogen and oxygen atoms in total. The fourth-order valence-corrected chi connectivity index (χ4v) is 5.29. The molecule has 1 unspecified atom stereocenters. The van der Waals surface area contributed by atoms with Gasteiger partial charge in [0.05, 0.1) is 5.75 Å². The van der Waals surface area contributed by atoms with E-state index >= 15 is 0 Å². The Morgan fingerprint density at radius 3 is 2.08 bits per heavy atom. The van der Waals surface area contributed by atoms with Gasteiger partial charge in [0.25, 0.3) is 0 Å². The van der Waals surface area contributed by atoms with Gasteiger partial charge in [0.1, 0.15) is 6.04 Å². The third kappa shape index (κ3) is 9.26. The topological polar surface area (TPSA) is 49.4 Å². The molecule has 0 saturated carbocycles. The van der Waals surface area contributed by atoms with Gasteiger partial charge in [-0.15, -0.1) is 11.8 Å². The van der Waals surface area contributed by atoms with Crippen LogP contribution in [-0.2, 0) is 28.3 Å². The summed E-state index contributed by atoms with van der Waals surface area (Å²) in [6.45, 7) is 5.88. The predicted molar refractivity (Wildman–Crippen MR) is 156 cm³/mol. The molecule has 0 heterocycles. The summed E-state index contributed by atoms with van der Waals surface area (Å²) in [6.07, 6.45) is 0.360. The number of rotatable bonds is 10. The summed E-state index contributed by atoms with van der Waals surface area (Å²) in [4.78, 5) is 28.9. The lowest BCUT2D eigenvalue weighted by molar-refractivity contribution is -0.140. The number of amides is 2. The lowest BCUT2D eigenvalue weighted by atomic mass is 10.0. The maximum Gasteiger partial charge on any atom is 0.243 e. The zero-order valence-corrected chi connectivity index (χ0v) is 24.2. The van der Waals surface area contributed by atoms with Crippen molar-refractivity contribution in [2.24, 2.45) is 0 Å². The maximum absolute atomic E-state index is 13.7.